The Hall–Kier alpha value is -1.02. The number of hydrogen-bond acceptors (Lipinski definition) is 2. The third kappa shape index (κ3) is 3.74. The van der Waals surface area contributed by atoms with E-state index < -0.39 is 0 Å². The standard InChI is InChI=1S/C16H27NO/c1-6-15(14-9-7-8-10-16(14)18)17(5)13(4)11-12(2)3/h7-10,12-13,15,18H,6,11H2,1-5H3. The molecule has 18 heavy (non-hydrogen) atoms. The summed E-state index contributed by atoms with van der Waals surface area (Å²) in [7, 11) is 2.16. The van der Waals surface area contributed by atoms with E-state index in [0.717, 1.165) is 12.0 Å². The second-order valence-corrected chi connectivity index (χ2v) is 5.63. The van der Waals surface area contributed by atoms with Gasteiger partial charge in [0.05, 0.1) is 0 Å². The fraction of sp³-hybridized carbons (Fsp3) is 0.625. The lowest BCUT2D eigenvalue weighted by molar-refractivity contribution is 0.158. The van der Waals surface area contributed by atoms with Crippen LogP contribution in [-0.4, -0.2) is 23.1 Å². The van der Waals surface area contributed by atoms with Crippen LogP contribution in [0.1, 0.15) is 52.1 Å². The van der Waals surface area contributed by atoms with Crippen LogP contribution in [0, 0.1) is 5.92 Å². The number of rotatable bonds is 6. The molecule has 1 aromatic carbocycles. The topological polar surface area (TPSA) is 23.5 Å². The summed E-state index contributed by atoms with van der Waals surface area (Å²) in [5.74, 6) is 1.11. The van der Waals surface area contributed by atoms with Gasteiger partial charge in [-0.25, -0.2) is 0 Å². The van der Waals surface area contributed by atoms with E-state index in [1.165, 1.54) is 6.42 Å². The highest BCUT2D eigenvalue weighted by atomic mass is 16.3. The Balaban J connectivity index is 2.86. The number of phenolic OH excluding ortho intramolecular Hbond substituents is 1. The molecule has 0 radical (unpaired) electrons. The summed E-state index contributed by atoms with van der Waals surface area (Å²) in [6.45, 7) is 8.95. The van der Waals surface area contributed by atoms with Crippen molar-refractivity contribution >= 4 is 0 Å². The van der Waals surface area contributed by atoms with Crippen LogP contribution in [0.15, 0.2) is 24.3 Å². The maximum absolute atomic E-state index is 10.00. The van der Waals surface area contributed by atoms with Crippen molar-refractivity contribution in [1.29, 1.82) is 0 Å². The van der Waals surface area contributed by atoms with Crippen molar-refractivity contribution in [3.05, 3.63) is 29.8 Å². The minimum Gasteiger partial charge on any atom is -0.508 e. The van der Waals surface area contributed by atoms with Gasteiger partial charge in [-0.15, -0.1) is 0 Å². The molecule has 0 bridgehead atoms. The molecule has 0 aromatic heterocycles. The number of nitrogens with zero attached hydrogens (tertiary/aromatic N) is 1. The van der Waals surface area contributed by atoms with Crippen molar-refractivity contribution in [3.8, 4) is 5.75 Å². The zero-order chi connectivity index (χ0) is 13.7. The van der Waals surface area contributed by atoms with Gasteiger partial charge in [0.2, 0.25) is 0 Å². The first-order chi connectivity index (χ1) is 8.47. The molecule has 0 fully saturated rings. The van der Waals surface area contributed by atoms with Gasteiger partial charge in [-0.2, -0.15) is 0 Å². The number of hydrogen-bond donors (Lipinski definition) is 1. The van der Waals surface area contributed by atoms with E-state index in [9.17, 15) is 5.11 Å². The van der Waals surface area contributed by atoms with Crippen LogP contribution < -0.4 is 0 Å². The summed E-state index contributed by atoms with van der Waals surface area (Å²) in [5.41, 5.74) is 1.04. The van der Waals surface area contributed by atoms with E-state index in [0.29, 0.717) is 23.8 Å². The van der Waals surface area contributed by atoms with Crippen molar-refractivity contribution < 1.29 is 5.11 Å². The Morgan fingerprint density at radius 1 is 1.17 bits per heavy atom. The number of benzene rings is 1. The molecule has 1 aromatic rings. The van der Waals surface area contributed by atoms with Gasteiger partial charge in [0.25, 0.3) is 0 Å². The van der Waals surface area contributed by atoms with Crippen LogP contribution in [-0.2, 0) is 0 Å². The van der Waals surface area contributed by atoms with Crippen molar-refractivity contribution in [2.75, 3.05) is 7.05 Å². The maximum Gasteiger partial charge on any atom is 0.120 e. The van der Waals surface area contributed by atoms with E-state index in [2.05, 4.69) is 39.6 Å². The Kier molecular flexibility index (Phi) is 5.67. The molecule has 0 aliphatic carbocycles. The lowest BCUT2D eigenvalue weighted by atomic mass is 9.97. The lowest BCUT2D eigenvalue weighted by Crippen LogP contribution is -2.33. The summed E-state index contributed by atoms with van der Waals surface area (Å²) in [4.78, 5) is 2.38. The molecule has 0 spiro atoms. The lowest BCUT2D eigenvalue weighted by Gasteiger charge is -2.34. The molecule has 1 N–H and O–H groups in total. The summed E-state index contributed by atoms with van der Waals surface area (Å²) in [6, 6.07) is 8.50. The Labute approximate surface area is 112 Å². The van der Waals surface area contributed by atoms with E-state index in [1.54, 1.807) is 6.07 Å². The first kappa shape index (κ1) is 15.0. The summed E-state index contributed by atoms with van der Waals surface area (Å²) >= 11 is 0. The fourth-order valence-corrected chi connectivity index (χ4v) is 2.65. The van der Waals surface area contributed by atoms with Gasteiger partial charge in [0, 0.05) is 17.6 Å². The molecule has 0 aliphatic heterocycles. The largest absolute Gasteiger partial charge is 0.508 e. The summed E-state index contributed by atoms with van der Waals surface area (Å²) < 4.78 is 0. The molecule has 1 rings (SSSR count). The normalized spacial score (nSPS) is 15.1. The highest BCUT2D eigenvalue weighted by Crippen LogP contribution is 2.32. The van der Waals surface area contributed by atoms with Crippen molar-refractivity contribution in [2.24, 2.45) is 5.92 Å². The van der Waals surface area contributed by atoms with E-state index in [4.69, 9.17) is 0 Å². The van der Waals surface area contributed by atoms with Crippen LogP contribution in [0.25, 0.3) is 0 Å². The third-order valence-corrected chi connectivity index (χ3v) is 3.68. The highest BCUT2D eigenvalue weighted by molar-refractivity contribution is 5.34. The minimum absolute atomic E-state index is 0.292. The average molecular weight is 249 g/mol. The molecular weight excluding hydrogens is 222 g/mol. The van der Waals surface area contributed by atoms with E-state index in [-0.39, 0.29) is 0 Å². The molecule has 2 nitrogen and oxygen atoms in total. The van der Waals surface area contributed by atoms with E-state index >= 15 is 0 Å². The number of para-hydroxylation sites is 1. The van der Waals surface area contributed by atoms with Crippen LogP contribution in [0.2, 0.25) is 0 Å². The molecule has 0 amide bonds. The first-order valence-corrected chi connectivity index (χ1v) is 6.97. The van der Waals surface area contributed by atoms with E-state index in [1.807, 2.05) is 18.2 Å². The Morgan fingerprint density at radius 2 is 1.78 bits per heavy atom. The number of aromatic hydroxyl groups is 1. The predicted octanol–water partition coefficient (Wildman–Crippen LogP) is 4.21. The Bertz CT molecular complexity index is 362. The quantitative estimate of drug-likeness (QED) is 0.816. The minimum atomic E-state index is 0.292. The molecule has 2 unspecified atom stereocenters. The second kappa shape index (κ2) is 6.79. The van der Waals surface area contributed by atoms with Crippen molar-refractivity contribution in [3.63, 3.8) is 0 Å². The van der Waals surface area contributed by atoms with Crippen molar-refractivity contribution in [2.45, 2.75) is 52.6 Å². The molecule has 2 atom stereocenters. The molecule has 0 heterocycles. The maximum atomic E-state index is 10.00. The molecule has 2 heteroatoms. The number of phenols is 1. The van der Waals surface area contributed by atoms with Crippen LogP contribution >= 0.6 is 0 Å². The zero-order valence-corrected chi connectivity index (χ0v) is 12.4. The van der Waals surface area contributed by atoms with Gasteiger partial charge in [0.1, 0.15) is 5.75 Å². The predicted molar refractivity (Wildman–Crippen MR) is 77.8 cm³/mol. The van der Waals surface area contributed by atoms with Crippen LogP contribution in [0.4, 0.5) is 0 Å². The molecular formula is C16H27NO. The average Bonchev–Trinajstić information content (AvgIpc) is 2.31. The van der Waals surface area contributed by atoms with Gasteiger partial charge in [-0.3, -0.25) is 4.90 Å². The van der Waals surface area contributed by atoms with Gasteiger partial charge in [0.15, 0.2) is 0 Å². The van der Waals surface area contributed by atoms with Crippen molar-refractivity contribution in [1.82, 2.24) is 4.90 Å². The summed E-state index contributed by atoms with van der Waals surface area (Å²) in [5, 5.41) is 10.00. The summed E-state index contributed by atoms with van der Waals surface area (Å²) in [6.07, 6.45) is 2.19. The smallest absolute Gasteiger partial charge is 0.120 e. The zero-order valence-electron chi connectivity index (χ0n) is 12.4. The van der Waals surface area contributed by atoms with Gasteiger partial charge >= 0.3 is 0 Å². The van der Waals surface area contributed by atoms with Crippen LogP contribution in [0.3, 0.4) is 0 Å². The monoisotopic (exact) mass is 249 g/mol. The molecule has 102 valence electrons. The second-order valence-electron chi connectivity index (χ2n) is 5.63. The van der Waals surface area contributed by atoms with Gasteiger partial charge < -0.3 is 5.11 Å². The van der Waals surface area contributed by atoms with Gasteiger partial charge in [-0.1, -0.05) is 39.0 Å². The SMILES string of the molecule is CCC(c1ccccc1O)N(C)C(C)CC(C)C. The highest BCUT2D eigenvalue weighted by Gasteiger charge is 2.22. The molecule has 0 saturated carbocycles. The first-order valence-electron chi connectivity index (χ1n) is 6.97. The Morgan fingerprint density at radius 3 is 2.28 bits per heavy atom. The fourth-order valence-electron chi connectivity index (χ4n) is 2.65. The van der Waals surface area contributed by atoms with Crippen LogP contribution in [0.5, 0.6) is 5.75 Å². The molecule has 0 aliphatic rings. The van der Waals surface area contributed by atoms with Gasteiger partial charge in [-0.05, 0) is 38.8 Å². The third-order valence-electron chi connectivity index (χ3n) is 3.68. The molecule has 0 saturated heterocycles.